The van der Waals surface area contributed by atoms with Gasteiger partial charge in [0.2, 0.25) is 0 Å². The van der Waals surface area contributed by atoms with Crippen molar-refractivity contribution in [1.29, 1.82) is 0 Å². The minimum absolute atomic E-state index is 0.271. The summed E-state index contributed by atoms with van der Waals surface area (Å²) in [7, 11) is -2.53. The summed E-state index contributed by atoms with van der Waals surface area (Å²) in [5.41, 5.74) is 1.80. The van der Waals surface area contributed by atoms with Crippen LogP contribution in [-0.2, 0) is 10.7 Å². The summed E-state index contributed by atoms with van der Waals surface area (Å²) in [6.45, 7) is 0. The summed E-state index contributed by atoms with van der Waals surface area (Å²) < 4.78 is 21.4. The number of rotatable bonds is 2. The van der Waals surface area contributed by atoms with E-state index in [1.54, 1.807) is 24.3 Å². The van der Waals surface area contributed by atoms with E-state index in [0.29, 0.717) is 5.02 Å². The van der Waals surface area contributed by atoms with Crippen LogP contribution in [0.4, 0.5) is 0 Å². The van der Waals surface area contributed by atoms with Crippen LogP contribution < -0.4 is 0 Å². The van der Waals surface area contributed by atoms with Crippen molar-refractivity contribution in [2.45, 2.75) is 4.90 Å². The molecule has 0 aliphatic heterocycles. The average Bonchev–Trinajstić information content (AvgIpc) is 2.30. The van der Waals surface area contributed by atoms with Gasteiger partial charge in [0.05, 0.1) is 4.90 Å². The predicted molar refractivity (Wildman–Crippen MR) is 64.3 cm³/mol. The molecule has 0 heterocycles. The highest BCUT2D eigenvalue weighted by atomic mass is 35.5. The molecule has 0 unspecified atom stereocenters. The fourth-order valence-electron chi connectivity index (χ4n) is 1.34. The number of hydrogen-bond acceptors (Lipinski definition) is 2. The van der Waals surface area contributed by atoms with Gasteiger partial charge in [0.15, 0.2) is 10.7 Å². The molecule has 2 rings (SSSR count). The molecule has 0 aliphatic carbocycles. The lowest BCUT2D eigenvalue weighted by molar-refractivity contribution is 0.614. The van der Waals surface area contributed by atoms with Gasteiger partial charge in [0.1, 0.15) is 0 Å². The maximum Gasteiger partial charge on any atom is 0.168 e. The van der Waals surface area contributed by atoms with Crippen molar-refractivity contribution in [3.63, 3.8) is 0 Å². The summed E-state index contributed by atoms with van der Waals surface area (Å²) in [5, 5.41) is 0.669. The first-order valence-corrected chi connectivity index (χ1v) is 6.14. The van der Waals surface area contributed by atoms with Gasteiger partial charge in [-0.15, -0.1) is 0 Å². The van der Waals surface area contributed by atoms with E-state index < -0.39 is 10.7 Å². The number of hydrogen-bond donors (Lipinski definition) is 1. The first kappa shape index (κ1) is 11.2. The zero-order chi connectivity index (χ0) is 11.5. The molecule has 2 aromatic rings. The molecule has 0 N–H and O–H groups in total. The second-order valence-corrected chi connectivity index (χ2v) is 4.69. The molecule has 0 fully saturated rings. The van der Waals surface area contributed by atoms with E-state index in [4.69, 9.17) is 11.6 Å². The second-order valence-electron chi connectivity index (χ2n) is 3.22. The molecule has 1 radical (unpaired) electrons. The topological polar surface area (TPSA) is 34.1 Å². The summed E-state index contributed by atoms with van der Waals surface area (Å²) in [5.74, 6) is 0. The molecule has 0 spiro atoms. The molecule has 0 bridgehead atoms. The molecule has 0 saturated heterocycles. The standard InChI is InChI=1S/C12H8ClO2S/c13-11-5-1-9(2-6-11)10-3-7-12(8-4-10)16(14)15/h1-3,5-8,16H. The Kier molecular flexibility index (Phi) is 3.27. The number of thiol groups is 1. The Morgan fingerprint density at radius 2 is 1.69 bits per heavy atom. The van der Waals surface area contributed by atoms with Crippen molar-refractivity contribution in [2.75, 3.05) is 0 Å². The van der Waals surface area contributed by atoms with E-state index in [9.17, 15) is 8.42 Å². The molecule has 0 aromatic heterocycles. The van der Waals surface area contributed by atoms with Crippen LogP contribution in [0.25, 0.3) is 11.1 Å². The summed E-state index contributed by atoms with van der Waals surface area (Å²) in [6.07, 6.45) is 0. The average molecular weight is 252 g/mol. The highest BCUT2D eigenvalue weighted by Gasteiger charge is 1.99. The van der Waals surface area contributed by atoms with Gasteiger partial charge in [0.25, 0.3) is 0 Å². The highest BCUT2D eigenvalue weighted by molar-refractivity contribution is 7.72. The SMILES string of the molecule is O=[SH](=O)c1c[c]c(-c2ccc(Cl)cc2)cc1. The zero-order valence-corrected chi connectivity index (χ0v) is 9.83. The van der Waals surface area contributed by atoms with Gasteiger partial charge in [-0.1, -0.05) is 29.8 Å². The fraction of sp³-hybridized carbons (Fsp3) is 0. The molecule has 0 amide bonds. The molecule has 0 atom stereocenters. The Balaban J connectivity index is 2.38. The maximum atomic E-state index is 10.7. The summed E-state index contributed by atoms with van der Waals surface area (Å²) in [4.78, 5) is 0.271. The van der Waals surface area contributed by atoms with E-state index in [1.807, 2.05) is 12.1 Å². The molecule has 16 heavy (non-hydrogen) atoms. The van der Waals surface area contributed by atoms with Crippen LogP contribution in [0.1, 0.15) is 0 Å². The third kappa shape index (κ3) is 2.43. The van der Waals surface area contributed by atoms with E-state index in [0.717, 1.165) is 11.1 Å². The van der Waals surface area contributed by atoms with Gasteiger partial charge in [-0.05, 0) is 41.5 Å². The Bertz CT molecular complexity index is 549. The Morgan fingerprint density at radius 1 is 1.00 bits per heavy atom. The quantitative estimate of drug-likeness (QED) is 0.833. The van der Waals surface area contributed by atoms with Crippen molar-refractivity contribution >= 4 is 22.3 Å². The van der Waals surface area contributed by atoms with Crippen LogP contribution in [0.15, 0.2) is 47.4 Å². The molecular formula is C12H8ClO2S. The van der Waals surface area contributed by atoms with Crippen molar-refractivity contribution in [3.05, 3.63) is 53.6 Å². The Morgan fingerprint density at radius 3 is 2.19 bits per heavy atom. The normalized spacial score (nSPS) is 10.6. The molecule has 2 aromatic carbocycles. The fourth-order valence-corrected chi connectivity index (χ4v) is 1.83. The molecule has 0 saturated carbocycles. The summed E-state index contributed by atoms with van der Waals surface area (Å²) in [6, 6.07) is 15.0. The molecule has 4 heteroatoms. The van der Waals surface area contributed by atoms with E-state index in [1.165, 1.54) is 6.07 Å². The lowest BCUT2D eigenvalue weighted by Crippen LogP contribution is -1.82. The Hall–Kier alpha value is -1.32. The van der Waals surface area contributed by atoms with Gasteiger partial charge in [-0.3, -0.25) is 0 Å². The van der Waals surface area contributed by atoms with Crippen molar-refractivity contribution in [2.24, 2.45) is 0 Å². The molecular weight excluding hydrogens is 244 g/mol. The summed E-state index contributed by atoms with van der Waals surface area (Å²) >= 11 is 5.78. The predicted octanol–water partition coefficient (Wildman–Crippen LogP) is 2.78. The highest BCUT2D eigenvalue weighted by Crippen LogP contribution is 2.21. The lowest BCUT2D eigenvalue weighted by Gasteiger charge is -2.01. The smallest absolute Gasteiger partial charge is 0.168 e. The van der Waals surface area contributed by atoms with E-state index >= 15 is 0 Å². The monoisotopic (exact) mass is 251 g/mol. The van der Waals surface area contributed by atoms with Crippen molar-refractivity contribution < 1.29 is 8.42 Å². The van der Waals surface area contributed by atoms with Gasteiger partial charge >= 0.3 is 0 Å². The van der Waals surface area contributed by atoms with Crippen molar-refractivity contribution in [1.82, 2.24) is 0 Å². The third-order valence-electron chi connectivity index (χ3n) is 2.16. The zero-order valence-electron chi connectivity index (χ0n) is 8.18. The third-order valence-corrected chi connectivity index (χ3v) is 3.11. The minimum atomic E-state index is -2.53. The van der Waals surface area contributed by atoms with Crippen LogP contribution in [0.5, 0.6) is 0 Å². The maximum absolute atomic E-state index is 10.7. The first-order chi connectivity index (χ1) is 7.66. The Labute approximate surface area is 100 Å². The molecule has 0 aliphatic rings. The van der Waals surface area contributed by atoms with Gasteiger partial charge in [0, 0.05) is 5.02 Å². The van der Waals surface area contributed by atoms with Crippen LogP contribution in [0, 0.1) is 6.07 Å². The van der Waals surface area contributed by atoms with Crippen LogP contribution in [-0.4, -0.2) is 8.42 Å². The van der Waals surface area contributed by atoms with Crippen molar-refractivity contribution in [3.8, 4) is 11.1 Å². The van der Waals surface area contributed by atoms with Gasteiger partial charge in [-0.25, -0.2) is 8.42 Å². The largest absolute Gasteiger partial charge is 0.227 e. The lowest BCUT2D eigenvalue weighted by atomic mass is 10.1. The van der Waals surface area contributed by atoms with E-state index in [-0.39, 0.29) is 4.90 Å². The van der Waals surface area contributed by atoms with Crippen LogP contribution >= 0.6 is 11.6 Å². The van der Waals surface area contributed by atoms with E-state index in [2.05, 4.69) is 6.07 Å². The molecule has 81 valence electrons. The molecule has 2 nitrogen and oxygen atoms in total. The van der Waals surface area contributed by atoms with Gasteiger partial charge < -0.3 is 0 Å². The first-order valence-electron chi connectivity index (χ1n) is 4.59. The number of halogens is 1. The van der Waals surface area contributed by atoms with Gasteiger partial charge in [-0.2, -0.15) is 0 Å². The van der Waals surface area contributed by atoms with Crippen LogP contribution in [0.2, 0.25) is 5.02 Å². The second kappa shape index (κ2) is 4.68. The minimum Gasteiger partial charge on any atom is -0.227 e. The van der Waals surface area contributed by atoms with Crippen LogP contribution in [0.3, 0.4) is 0 Å². The number of benzene rings is 2.